The quantitative estimate of drug-likeness (QED) is 0.461. The number of aliphatic imine (C=N–C) groups is 1. The zero-order chi connectivity index (χ0) is 21.1. The van der Waals surface area contributed by atoms with Crippen LogP contribution in [-0.4, -0.2) is 80.8 Å². The molecule has 1 aliphatic heterocycles. The number of ether oxygens (including phenoxy) is 1. The summed E-state index contributed by atoms with van der Waals surface area (Å²) in [5.41, 5.74) is 0. The van der Waals surface area contributed by atoms with E-state index in [1.165, 1.54) is 25.2 Å². The highest BCUT2D eigenvalue weighted by Gasteiger charge is 2.17. The molecule has 1 aromatic rings. The normalized spacial score (nSPS) is 18.3. The van der Waals surface area contributed by atoms with E-state index in [2.05, 4.69) is 41.2 Å². The molecule has 2 unspecified atom stereocenters. The summed E-state index contributed by atoms with van der Waals surface area (Å²) in [4.78, 5) is 9.80. The maximum Gasteiger partial charge on any atom is 0.191 e. The van der Waals surface area contributed by atoms with Crippen molar-refractivity contribution in [3.63, 3.8) is 0 Å². The van der Waals surface area contributed by atoms with Crippen LogP contribution in [0.1, 0.15) is 27.7 Å². The molecular formula is C22H38FN5O. The van der Waals surface area contributed by atoms with Crippen LogP contribution in [0.3, 0.4) is 0 Å². The first-order valence-electron chi connectivity index (χ1n) is 10.9. The monoisotopic (exact) mass is 407 g/mol. The van der Waals surface area contributed by atoms with Gasteiger partial charge in [-0.15, -0.1) is 0 Å². The molecule has 0 aliphatic carbocycles. The number of hydrogen-bond acceptors (Lipinski definition) is 4. The second-order valence-corrected chi connectivity index (χ2v) is 7.82. The predicted octanol–water partition coefficient (Wildman–Crippen LogP) is 2.42. The third-order valence-corrected chi connectivity index (χ3v) is 5.10. The van der Waals surface area contributed by atoms with Crippen LogP contribution in [0.25, 0.3) is 0 Å². The van der Waals surface area contributed by atoms with Crippen LogP contribution < -0.4 is 15.4 Å². The van der Waals surface area contributed by atoms with Gasteiger partial charge >= 0.3 is 0 Å². The van der Waals surface area contributed by atoms with Gasteiger partial charge in [0, 0.05) is 45.8 Å². The van der Waals surface area contributed by atoms with Crippen LogP contribution in [-0.2, 0) is 0 Å². The fourth-order valence-corrected chi connectivity index (χ4v) is 3.40. The molecule has 1 fully saturated rings. The molecule has 0 bridgehead atoms. The van der Waals surface area contributed by atoms with Gasteiger partial charge < -0.3 is 25.2 Å². The van der Waals surface area contributed by atoms with E-state index >= 15 is 0 Å². The van der Waals surface area contributed by atoms with Crippen LogP contribution in [0, 0.1) is 11.7 Å². The summed E-state index contributed by atoms with van der Waals surface area (Å²) >= 11 is 0. The molecule has 29 heavy (non-hydrogen) atoms. The lowest BCUT2D eigenvalue weighted by Gasteiger charge is -2.35. The highest BCUT2D eigenvalue weighted by molar-refractivity contribution is 5.79. The Kier molecular flexibility index (Phi) is 10.2. The number of nitrogens with one attached hydrogen (secondary N) is 2. The van der Waals surface area contributed by atoms with E-state index < -0.39 is 0 Å². The van der Waals surface area contributed by atoms with Crippen LogP contribution in [0.15, 0.2) is 29.3 Å². The van der Waals surface area contributed by atoms with E-state index in [0.29, 0.717) is 18.2 Å². The molecule has 164 valence electrons. The molecule has 2 atom stereocenters. The third-order valence-electron chi connectivity index (χ3n) is 5.10. The van der Waals surface area contributed by atoms with Gasteiger partial charge in [0.05, 0.1) is 6.54 Å². The minimum absolute atomic E-state index is 0.0587. The second-order valence-electron chi connectivity index (χ2n) is 7.82. The summed E-state index contributed by atoms with van der Waals surface area (Å²) in [5.74, 6) is 1.72. The molecule has 1 saturated heterocycles. The number of benzene rings is 1. The van der Waals surface area contributed by atoms with Crippen molar-refractivity contribution in [3.05, 3.63) is 30.1 Å². The molecule has 1 aromatic carbocycles. The van der Waals surface area contributed by atoms with Crippen molar-refractivity contribution in [1.82, 2.24) is 20.4 Å². The van der Waals surface area contributed by atoms with E-state index in [-0.39, 0.29) is 11.9 Å². The molecule has 2 rings (SSSR count). The highest BCUT2D eigenvalue weighted by Crippen LogP contribution is 2.12. The molecule has 7 heteroatoms. The van der Waals surface area contributed by atoms with Gasteiger partial charge in [0.25, 0.3) is 0 Å². The molecule has 0 aromatic heterocycles. The molecular weight excluding hydrogens is 369 g/mol. The average Bonchev–Trinajstić information content (AvgIpc) is 2.72. The molecule has 1 aliphatic rings. The van der Waals surface area contributed by atoms with Crippen molar-refractivity contribution >= 4 is 5.96 Å². The molecule has 2 N–H and O–H groups in total. The lowest BCUT2D eigenvalue weighted by atomic mass is 10.1. The van der Waals surface area contributed by atoms with Crippen molar-refractivity contribution in [2.45, 2.75) is 33.8 Å². The van der Waals surface area contributed by atoms with Gasteiger partial charge in [-0.25, -0.2) is 4.39 Å². The van der Waals surface area contributed by atoms with E-state index in [1.54, 1.807) is 12.1 Å². The minimum atomic E-state index is -0.258. The van der Waals surface area contributed by atoms with Crippen molar-refractivity contribution in [3.8, 4) is 5.75 Å². The predicted molar refractivity (Wildman–Crippen MR) is 118 cm³/mol. The summed E-state index contributed by atoms with van der Waals surface area (Å²) < 4.78 is 18.8. The van der Waals surface area contributed by atoms with Gasteiger partial charge in [0.1, 0.15) is 17.7 Å². The largest absolute Gasteiger partial charge is 0.489 e. The van der Waals surface area contributed by atoms with Gasteiger partial charge in [-0.1, -0.05) is 13.8 Å². The van der Waals surface area contributed by atoms with Gasteiger partial charge in [0.2, 0.25) is 0 Å². The Morgan fingerprint density at radius 3 is 2.34 bits per heavy atom. The zero-order valence-corrected chi connectivity index (χ0v) is 18.5. The maximum atomic E-state index is 13.0. The number of halogens is 1. The number of hydrogen-bond donors (Lipinski definition) is 2. The first kappa shape index (κ1) is 23.4. The number of guanidine groups is 1. The van der Waals surface area contributed by atoms with Crippen LogP contribution in [0.5, 0.6) is 5.75 Å². The maximum absolute atomic E-state index is 13.0. The number of likely N-dealkylation sites (N-methyl/N-ethyl adjacent to an activating group) is 1. The van der Waals surface area contributed by atoms with Gasteiger partial charge in [-0.2, -0.15) is 0 Å². The summed E-state index contributed by atoms with van der Waals surface area (Å²) in [7, 11) is 0. The van der Waals surface area contributed by atoms with Gasteiger partial charge in [0.15, 0.2) is 5.96 Å². The Balaban J connectivity index is 1.74. The minimum Gasteiger partial charge on any atom is -0.489 e. The van der Waals surface area contributed by atoms with Crippen LogP contribution in [0.4, 0.5) is 4.39 Å². The summed E-state index contributed by atoms with van der Waals surface area (Å²) in [6.45, 7) is 17.6. The molecule has 1 heterocycles. The highest BCUT2D eigenvalue weighted by atomic mass is 19.1. The second kappa shape index (κ2) is 12.6. The summed E-state index contributed by atoms with van der Waals surface area (Å²) in [5, 5.41) is 6.64. The molecule has 0 saturated carbocycles. The fraction of sp³-hybridized carbons (Fsp3) is 0.682. The molecule has 6 nitrogen and oxygen atoms in total. The first-order valence-corrected chi connectivity index (χ1v) is 10.9. The van der Waals surface area contributed by atoms with E-state index in [1.807, 2.05) is 6.92 Å². The number of piperazine rings is 1. The lowest BCUT2D eigenvalue weighted by Crippen LogP contribution is -2.47. The number of rotatable bonds is 10. The molecule has 0 radical (unpaired) electrons. The van der Waals surface area contributed by atoms with E-state index in [9.17, 15) is 4.39 Å². The standard InChI is InChI=1S/C22H38FN5O/c1-5-24-22(26-16-19(4)29-21-9-7-20(23)8-10-21)25-15-18(3)17-28-13-11-27(6-2)12-14-28/h7-10,18-19H,5-6,11-17H2,1-4H3,(H2,24,25,26). The Morgan fingerprint density at radius 1 is 1.07 bits per heavy atom. The fourth-order valence-electron chi connectivity index (χ4n) is 3.40. The Bertz CT molecular complexity index is 602. The first-order chi connectivity index (χ1) is 14.0. The summed E-state index contributed by atoms with van der Waals surface area (Å²) in [6.07, 6.45) is -0.0587. The Hall–Kier alpha value is -1.86. The lowest BCUT2D eigenvalue weighted by molar-refractivity contribution is 0.125. The number of nitrogens with zero attached hydrogens (tertiary/aromatic N) is 3. The summed E-state index contributed by atoms with van der Waals surface area (Å²) in [6, 6.07) is 6.11. The van der Waals surface area contributed by atoms with Crippen LogP contribution in [0.2, 0.25) is 0 Å². The third kappa shape index (κ3) is 9.00. The smallest absolute Gasteiger partial charge is 0.191 e. The van der Waals surface area contributed by atoms with E-state index in [4.69, 9.17) is 9.73 Å². The molecule has 0 amide bonds. The van der Waals surface area contributed by atoms with Gasteiger partial charge in [-0.3, -0.25) is 4.99 Å². The zero-order valence-electron chi connectivity index (χ0n) is 18.5. The van der Waals surface area contributed by atoms with Crippen LogP contribution >= 0.6 is 0 Å². The van der Waals surface area contributed by atoms with E-state index in [0.717, 1.165) is 45.2 Å². The van der Waals surface area contributed by atoms with Crippen molar-refractivity contribution < 1.29 is 9.13 Å². The SMILES string of the molecule is CCNC(=NCC(C)CN1CCN(CC)CC1)NCC(C)Oc1ccc(F)cc1. The Morgan fingerprint density at radius 2 is 1.72 bits per heavy atom. The van der Waals surface area contributed by atoms with Gasteiger partial charge in [-0.05, 0) is 50.6 Å². The average molecular weight is 408 g/mol. The van der Waals surface area contributed by atoms with Crippen molar-refractivity contribution in [2.24, 2.45) is 10.9 Å². The van der Waals surface area contributed by atoms with Crippen molar-refractivity contribution in [2.75, 3.05) is 58.9 Å². The van der Waals surface area contributed by atoms with Crippen molar-refractivity contribution in [1.29, 1.82) is 0 Å². The molecule has 0 spiro atoms. The Labute approximate surface area is 175 Å². The topological polar surface area (TPSA) is 52.1 Å².